The molecule has 0 amide bonds. The Hall–Kier alpha value is -0.260. The molecule has 0 saturated heterocycles. The highest BCUT2D eigenvalue weighted by atomic mass is 14.5. The van der Waals surface area contributed by atoms with Crippen molar-refractivity contribution in [2.24, 2.45) is 17.8 Å². The van der Waals surface area contributed by atoms with Crippen LogP contribution in [0, 0.1) is 17.8 Å². The second-order valence-electron chi connectivity index (χ2n) is 3.92. The smallest absolute Gasteiger partial charge is 0.0103 e. The van der Waals surface area contributed by atoms with Crippen molar-refractivity contribution in [2.45, 2.75) is 33.6 Å². The summed E-state index contributed by atoms with van der Waals surface area (Å²) in [7, 11) is 0. The standard InChI is InChI=1S/C10H16/c1-4-8-5-6(2)9-7(3)10(8)9/h7-8,10H,4-5H2,1-3H3. The van der Waals surface area contributed by atoms with E-state index in [1.807, 2.05) is 5.57 Å². The van der Waals surface area contributed by atoms with Gasteiger partial charge in [0.2, 0.25) is 0 Å². The zero-order valence-corrected chi connectivity index (χ0v) is 7.15. The second-order valence-corrected chi connectivity index (χ2v) is 3.92. The Kier molecular flexibility index (Phi) is 1.21. The normalized spacial score (nSPS) is 44.1. The van der Waals surface area contributed by atoms with Gasteiger partial charge in [-0.15, -0.1) is 0 Å². The molecule has 0 heterocycles. The SMILES string of the molecule is CCC1CC(C)=C2C(C)C21. The molecule has 0 bridgehead atoms. The lowest BCUT2D eigenvalue weighted by Gasteiger charge is -2.09. The van der Waals surface area contributed by atoms with E-state index in [1.165, 1.54) is 12.8 Å². The summed E-state index contributed by atoms with van der Waals surface area (Å²) in [5.41, 5.74) is 3.52. The molecule has 0 nitrogen and oxygen atoms in total. The molecular formula is C10H16. The van der Waals surface area contributed by atoms with E-state index in [1.54, 1.807) is 5.57 Å². The van der Waals surface area contributed by atoms with Gasteiger partial charge in [0, 0.05) is 0 Å². The Morgan fingerprint density at radius 3 is 2.50 bits per heavy atom. The van der Waals surface area contributed by atoms with E-state index >= 15 is 0 Å². The van der Waals surface area contributed by atoms with Crippen LogP contribution in [0.15, 0.2) is 11.1 Å². The molecule has 1 fully saturated rings. The van der Waals surface area contributed by atoms with Crippen molar-refractivity contribution in [3.63, 3.8) is 0 Å². The predicted octanol–water partition coefficient (Wildman–Crippen LogP) is 3.00. The van der Waals surface area contributed by atoms with Crippen LogP contribution in [0.3, 0.4) is 0 Å². The van der Waals surface area contributed by atoms with Crippen LogP contribution in [0.2, 0.25) is 0 Å². The van der Waals surface area contributed by atoms with Crippen LogP contribution in [-0.2, 0) is 0 Å². The summed E-state index contributed by atoms with van der Waals surface area (Å²) in [5.74, 6) is 2.99. The molecule has 10 heavy (non-hydrogen) atoms. The third-order valence-corrected chi connectivity index (χ3v) is 3.37. The summed E-state index contributed by atoms with van der Waals surface area (Å²) in [5, 5.41) is 0. The fraction of sp³-hybridized carbons (Fsp3) is 0.800. The molecule has 2 aliphatic carbocycles. The number of fused-ring (bicyclic) bond motifs is 1. The van der Waals surface area contributed by atoms with E-state index in [2.05, 4.69) is 20.8 Å². The Labute approximate surface area is 63.3 Å². The third-order valence-electron chi connectivity index (χ3n) is 3.37. The first-order valence-electron chi connectivity index (χ1n) is 4.45. The Balaban J connectivity index is 2.17. The van der Waals surface area contributed by atoms with Gasteiger partial charge in [0.25, 0.3) is 0 Å². The van der Waals surface area contributed by atoms with Crippen molar-refractivity contribution in [1.29, 1.82) is 0 Å². The molecule has 3 atom stereocenters. The van der Waals surface area contributed by atoms with Gasteiger partial charge in [0.1, 0.15) is 0 Å². The van der Waals surface area contributed by atoms with Crippen molar-refractivity contribution in [3.05, 3.63) is 11.1 Å². The molecule has 0 heteroatoms. The van der Waals surface area contributed by atoms with E-state index < -0.39 is 0 Å². The first kappa shape index (κ1) is 6.45. The molecule has 2 aliphatic rings. The number of hydrogen-bond acceptors (Lipinski definition) is 0. The van der Waals surface area contributed by atoms with Crippen molar-refractivity contribution >= 4 is 0 Å². The van der Waals surface area contributed by atoms with Crippen molar-refractivity contribution in [2.75, 3.05) is 0 Å². The van der Waals surface area contributed by atoms with Crippen molar-refractivity contribution in [1.82, 2.24) is 0 Å². The second kappa shape index (κ2) is 1.87. The maximum absolute atomic E-state index is 2.38. The summed E-state index contributed by atoms with van der Waals surface area (Å²) in [6.07, 6.45) is 2.79. The van der Waals surface area contributed by atoms with Gasteiger partial charge < -0.3 is 0 Å². The molecule has 0 aromatic carbocycles. The highest BCUT2D eigenvalue weighted by Gasteiger charge is 2.49. The Morgan fingerprint density at radius 1 is 1.50 bits per heavy atom. The highest BCUT2D eigenvalue weighted by molar-refractivity contribution is 5.39. The quantitative estimate of drug-likeness (QED) is 0.486. The van der Waals surface area contributed by atoms with E-state index in [0.717, 1.165) is 17.8 Å². The van der Waals surface area contributed by atoms with Crippen molar-refractivity contribution < 1.29 is 0 Å². The lowest BCUT2D eigenvalue weighted by Crippen LogP contribution is -1.99. The molecule has 0 radical (unpaired) electrons. The van der Waals surface area contributed by atoms with Gasteiger partial charge in [0.05, 0.1) is 0 Å². The van der Waals surface area contributed by atoms with Crippen LogP contribution in [-0.4, -0.2) is 0 Å². The fourth-order valence-corrected chi connectivity index (χ4v) is 2.79. The number of allylic oxidation sites excluding steroid dienone is 2. The summed E-state index contributed by atoms with van der Waals surface area (Å²) >= 11 is 0. The summed E-state index contributed by atoms with van der Waals surface area (Å²) in [4.78, 5) is 0. The molecule has 0 aromatic heterocycles. The maximum atomic E-state index is 2.38. The molecule has 0 N–H and O–H groups in total. The third kappa shape index (κ3) is 0.624. The molecule has 0 aliphatic heterocycles. The van der Waals surface area contributed by atoms with Gasteiger partial charge >= 0.3 is 0 Å². The molecular weight excluding hydrogens is 120 g/mol. The minimum absolute atomic E-state index is 0.957. The van der Waals surface area contributed by atoms with Crippen LogP contribution < -0.4 is 0 Å². The van der Waals surface area contributed by atoms with Gasteiger partial charge in [-0.3, -0.25) is 0 Å². The zero-order chi connectivity index (χ0) is 7.30. The average Bonchev–Trinajstić information content (AvgIpc) is 2.40. The first-order valence-corrected chi connectivity index (χ1v) is 4.45. The van der Waals surface area contributed by atoms with E-state index in [9.17, 15) is 0 Å². The minimum atomic E-state index is 0.957. The molecule has 1 saturated carbocycles. The zero-order valence-electron chi connectivity index (χ0n) is 7.15. The van der Waals surface area contributed by atoms with Gasteiger partial charge in [-0.05, 0) is 31.1 Å². The van der Waals surface area contributed by atoms with Gasteiger partial charge in [-0.2, -0.15) is 0 Å². The van der Waals surface area contributed by atoms with Gasteiger partial charge in [-0.1, -0.05) is 31.4 Å². The fourth-order valence-electron chi connectivity index (χ4n) is 2.79. The Morgan fingerprint density at radius 2 is 2.20 bits per heavy atom. The Bertz CT molecular complexity index is 188. The molecule has 2 rings (SSSR count). The summed E-state index contributed by atoms with van der Waals surface area (Å²) < 4.78 is 0. The topological polar surface area (TPSA) is 0 Å². The lowest BCUT2D eigenvalue weighted by molar-refractivity contribution is 0.444. The average molecular weight is 136 g/mol. The van der Waals surface area contributed by atoms with E-state index in [0.29, 0.717) is 0 Å². The monoisotopic (exact) mass is 136 g/mol. The maximum Gasteiger partial charge on any atom is -0.0103 e. The highest BCUT2D eigenvalue weighted by Crippen LogP contribution is 2.59. The van der Waals surface area contributed by atoms with Crippen LogP contribution in [0.25, 0.3) is 0 Å². The van der Waals surface area contributed by atoms with Crippen LogP contribution in [0.5, 0.6) is 0 Å². The summed E-state index contributed by atoms with van der Waals surface area (Å²) in [6.45, 7) is 7.03. The van der Waals surface area contributed by atoms with Gasteiger partial charge in [0.15, 0.2) is 0 Å². The molecule has 0 aromatic rings. The summed E-state index contributed by atoms with van der Waals surface area (Å²) in [6, 6.07) is 0. The van der Waals surface area contributed by atoms with Crippen LogP contribution in [0.4, 0.5) is 0 Å². The van der Waals surface area contributed by atoms with Crippen LogP contribution in [0.1, 0.15) is 33.6 Å². The number of rotatable bonds is 1. The van der Waals surface area contributed by atoms with Crippen LogP contribution >= 0.6 is 0 Å². The predicted molar refractivity (Wildman–Crippen MR) is 43.8 cm³/mol. The minimum Gasteiger partial charge on any atom is -0.0732 e. The molecule has 56 valence electrons. The molecule has 0 spiro atoms. The number of hydrogen-bond donors (Lipinski definition) is 0. The largest absolute Gasteiger partial charge is 0.0732 e. The van der Waals surface area contributed by atoms with Gasteiger partial charge in [-0.25, -0.2) is 0 Å². The first-order chi connectivity index (χ1) is 4.75. The van der Waals surface area contributed by atoms with E-state index in [-0.39, 0.29) is 0 Å². The molecule has 3 unspecified atom stereocenters. The van der Waals surface area contributed by atoms with E-state index in [4.69, 9.17) is 0 Å². The van der Waals surface area contributed by atoms with Crippen molar-refractivity contribution in [3.8, 4) is 0 Å². The lowest BCUT2D eigenvalue weighted by atomic mass is 9.96.